The Morgan fingerprint density at radius 3 is 2.32 bits per heavy atom. The number of rotatable bonds is 2. The number of nitrogens with two attached hydrogens (primary N) is 2. The minimum absolute atomic E-state index is 0.415. The summed E-state index contributed by atoms with van der Waals surface area (Å²) in [7, 11) is 0. The molecule has 6 heteroatoms. The van der Waals surface area contributed by atoms with E-state index in [0.29, 0.717) is 17.3 Å². The molecule has 0 fully saturated rings. The molecule has 0 unspecified atom stereocenters. The van der Waals surface area contributed by atoms with Crippen LogP contribution in [0.4, 0.5) is 5.82 Å². The van der Waals surface area contributed by atoms with Crippen molar-refractivity contribution in [3.8, 4) is 0 Å². The highest BCUT2D eigenvalue weighted by atomic mass is 16.1. The molecular weight excluding hydrogens is 242 g/mol. The summed E-state index contributed by atoms with van der Waals surface area (Å²) in [5, 5.41) is 0.789. The molecule has 2 aromatic rings. The molecule has 0 saturated heterocycles. The third-order valence-corrected chi connectivity index (χ3v) is 3.66. The molecule has 0 spiro atoms. The molecule has 2 rings (SSSR count). The van der Waals surface area contributed by atoms with Gasteiger partial charge in [-0.2, -0.15) is 0 Å². The Morgan fingerprint density at radius 1 is 1.21 bits per heavy atom. The van der Waals surface area contributed by atoms with Crippen LogP contribution >= 0.6 is 0 Å². The summed E-state index contributed by atoms with van der Waals surface area (Å²) in [6, 6.07) is 0. The number of aromatic nitrogens is 3. The van der Waals surface area contributed by atoms with Gasteiger partial charge in [0.2, 0.25) is 5.91 Å². The number of nitrogens with zero attached hydrogens (tertiary/aromatic N) is 3. The molecule has 6 nitrogen and oxygen atoms in total. The molecule has 0 atom stereocenters. The molecule has 19 heavy (non-hydrogen) atoms. The summed E-state index contributed by atoms with van der Waals surface area (Å²) in [6.07, 6.45) is 0. The largest absolute Gasteiger partial charge is 0.383 e. The third-order valence-electron chi connectivity index (χ3n) is 3.66. The number of carbonyl (C=O) groups excluding carboxylic acids is 1. The number of fused-ring (bicyclic) bond motifs is 1. The van der Waals surface area contributed by atoms with E-state index in [2.05, 4.69) is 9.97 Å². The number of primary amides is 1. The van der Waals surface area contributed by atoms with E-state index >= 15 is 0 Å². The third kappa shape index (κ3) is 1.75. The highest BCUT2D eigenvalue weighted by Crippen LogP contribution is 2.32. The monoisotopic (exact) mass is 261 g/mol. The van der Waals surface area contributed by atoms with E-state index in [1.807, 2.05) is 18.4 Å². The predicted octanol–water partition coefficient (Wildman–Crippen LogP) is 1.16. The number of nitrogen functional groups attached to an aromatic ring is 1. The van der Waals surface area contributed by atoms with Gasteiger partial charge in [0.25, 0.3) is 0 Å². The lowest BCUT2D eigenvalue weighted by atomic mass is 10.0. The molecule has 0 saturated carbocycles. The molecule has 0 aliphatic heterocycles. The van der Waals surface area contributed by atoms with Crippen molar-refractivity contribution in [3.05, 3.63) is 17.1 Å². The topological polar surface area (TPSA) is 99.8 Å². The van der Waals surface area contributed by atoms with Gasteiger partial charge in [-0.1, -0.05) is 0 Å². The van der Waals surface area contributed by atoms with Gasteiger partial charge in [0.1, 0.15) is 22.8 Å². The van der Waals surface area contributed by atoms with Crippen molar-refractivity contribution in [2.45, 2.75) is 40.2 Å². The van der Waals surface area contributed by atoms with E-state index in [-0.39, 0.29) is 0 Å². The Kier molecular flexibility index (Phi) is 2.77. The maximum atomic E-state index is 11.7. The second-order valence-electron chi connectivity index (χ2n) is 5.32. The average Bonchev–Trinajstić information content (AvgIpc) is 2.51. The Balaban J connectivity index is 2.97. The van der Waals surface area contributed by atoms with Gasteiger partial charge in [0, 0.05) is 5.69 Å². The first kappa shape index (κ1) is 13.3. The van der Waals surface area contributed by atoms with Crippen LogP contribution in [0.3, 0.4) is 0 Å². The molecule has 2 aromatic heterocycles. The standard InChI is InChI=1S/C13H19N5O/c1-6-7(2)18(13(4,5)12(15)19)11-9(6)10(14)16-8(3)17-11/h1-5H3,(H2,15,19)(H2,14,16,17). The molecule has 0 radical (unpaired) electrons. The number of amides is 1. The van der Waals surface area contributed by atoms with Crippen molar-refractivity contribution >= 4 is 22.8 Å². The highest BCUT2D eigenvalue weighted by Gasteiger charge is 2.32. The van der Waals surface area contributed by atoms with Crippen molar-refractivity contribution < 1.29 is 4.79 Å². The fraction of sp³-hybridized carbons (Fsp3) is 0.462. The average molecular weight is 261 g/mol. The smallest absolute Gasteiger partial charge is 0.243 e. The summed E-state index contributed by atoms with van der Waals surface area (Å²) < 4.78 is 1.84. The van der Waals surface area contributed by atoms with Crippen LogP contribution in [0.5, 0.6) is 0 Å². The number of aryl methyl sites for hydroxylation is 2. The lowest BCUT2D eigenvalue weighted by Gasteiger charge is -2.25. The molecule has 4 N–H and O–H groups in total. The van der Waals surface area contributed by atoms with Gasteiger partial charge in [-0.05, 0) is 40.2 Å². The van der Waals surface area contributed by atoms with Crippen molar-refractivity contribution in [3.63, 3.8) is 0 Å². The first-order valence-corrected chi connectivity index (χ1v) is 6.10. The Labute approximate surface area is 111 Å². The van der Waals surface area contributed by atoms with Crippen LogP contribution < -0.4 is 11.5 Å². The van der Waals surface area contributed by atoms with Crippen LogP contribution in [-0.2, 0) is 10.3 Å². The Hall–Kier alpha value is -2.11. The molecular formula is C13H19N5O. The highest BCUT2D eigenvalue weighted by molar-refractivity contribution is 5.93. The van der Waals surface area contributed by atoms with E-state index in [1.54, 1.807) is 20.8 Å². The zero-order valence-electron chi connectivity index (χ0n) is 11.9. The minimum atomic E-state index is -0.871. The first-order chi connectivity index (χ1) is 8.67. The molecule has 0 aliphatic rings. The molecule has 0 aromatic carbocycles. The van der Waals surface area contributed by atoms with E-state index in [1.165, 1.54) is 0 Å². The van der Waals surface area contributed by atoms with Gasteiger partial charge in [0.05, 0.1) is 5.39 Å². The summed E-state index contributed by atoms with van der Waals surface area (Å²) in [4.78, 5) is 20.3. The molecule has 0 aliphatic carbocycles. The first-order valence-electron chi connectivity index (χ1n) is 6.10. The van der Waals surface area contributed by atoms with Crippen LogP contribution in [0.2, 0.25) is 0 Å². The van der Waals surface area contributed by atoms with Crippen molar-refractivity contribution in [1.29, 1.82) is 0 Å². The van der Waals surface area contributed by atoms with Gasteiger partial charge in [-0.3, -0.25) is 4.79 Å². The number of hydrogen-bond donors (Lipinski definition) is 2. The van der Waals surface area contributed by atoms with Crippen LogP contribution in [0.1, 0.15) is 30.9 Å². The summed E-state index contributed by atoms with van der Waals surface area (Å²) >= 11 is 0. The summed E-state index contributed by atoms with van der Waals surface area (Å²) in [5.74, 6) is 0.591. The Bertz CT molecular complexity index is 684. The minimum Gasteiger partial charge on any atom is -0.383 e. The zero-order valence-corrected chi connectivity index (χ0v) is 11.9. The van der Waals surface area contributed by atoms with Crippen molar-refractivity contribution in [2.24, 2.45) is 5.73 Å². The zero-order chi connectivity index (χ0) is 14.5. The van der Waals surface area contributed by atoms with Crippen LogP contribution in [0.15, 0.2) is 0 Å². The fourth-order valence-electron chi connectivity index (χ4n) is 2.40. The second-order valence-corrected chi connectivity index (χ2v) is 5.32. The van der Waals surface area contributed by atoms with Crippen molar-refractivity contribution in [1.82, 2.24) is 14.5 Å². The fourth-order valence-corrected chi connectivity index (χ4v) is 2.40. The van der Waals surface area contributed by atoms with E-state index in [4.69, 9.17) is 11.5 Å². The maximum Gasteiger partial charge on any atom is 0.243 e. The molecule has 102 valence electrons. The molecule has 1 amide bonds. The molecule has 2 heterocycles. The quantitative estimate of drug-likeness (QED) is 0.847. The lowest BCUT2D eigenvalue weighted by molar-refractivity contribution is -0.124. The van der Waals surface area contributed by atoms with E-state index in [9.17, 15) is 4.79 Å². The van der Waals surface area contributed by atoms with Gasteiger partial charge in [-0.25, -0.2) is 9.97 Å². The van der Waals surface area contributed by atoms with Crippen LogP contribution in [0.25, 0.3) is 11.0 Å². The predicted molar refractivity (Wildman–Crippen MR) is 74.7 cm³/mol. The van der Waals surface area contributed by atoms with Gasteiger partial charge in [0.15, 0.2) is 0 Å². The molecule has 0 bridgehead atoms. The van der Waals surface area contributed by atoms with Crippen LogP contribution in [-0.4, -0.2) is 20.4 Å². The Morgan fingerprint density at radius 2 is 1.79 bits per heavy atom. The van der Waals surface area contributed by atoms with Crippen LogP contribution in [0, 0.1) is 20.8 Å². The van der Waals surface area contributed by atoms with E-state index < -0.39 is 11.4 Å². The summed E-state index contributed by atoms with van der Waals surface area (Å²) in [6.45, 7) is 9.19. The lowest BCUT2D eigenvalue weighted by Crippen LogP contribution is -2.41. The van der Waals surface area contributed by atoms with Gasteiger partial charge < -0.3 is 16.0 Å². The normalized spacial score (nSPS) is 12.1. The number of carbonyl (C=O) groups is 1. The summed E-state index contributed by atoms with van der Waals surface area (Å²) in [5.41, 5.74) is 13.2. The van der Waals surface area contributed by atoms with E-state index in [0.717, 1.165) is 16.6 Å². The number of anilines is 1. The number of hydrogen-bond acceptors (Lipinski definition) is 4. The van der Waals surface area contributed by atoms with Gasteiger partial charge in [-0.15, -0.1) is 0 Å². The second kappa shape index (κ2) is 3.94. The van der Waals surface area contributed by atoms with Crippen molar-refractivity contribution in [2.75, 3.05) is 5.73 Å². The SMILES string of the molecule is Cc1nc(N)c2c(C)c(C)n(C(C)(C)C(N)=O)c2n1. The maximum absolute atomic E-state index is 11.7. The van der Waals surface area contributed by atoms with Gasteiger partial charge >= 0.3 is 0 Å².